The lowest BCUT2D eigenvalue weighted by atomic mass is 9.98. The van der Waals surface area contributed by atoms with Crippen LogP contribution in [0.15, 0.2) is 0 Å². The fourth-order valence-corrected chi connectivity index (χ4v) is 7.23. The standard InChI is InChI=1S/C41H70N10O12/c1-9-22(6)32(41(62)63)49-39(60)33(24(8)52)50-38(59)31(21(4)5)48-36(57)26(14-15-29(42)53)46-30(54)19-44-37(58)28-13-11-17-51(28)40(61)27(18-20(2)3)47-34(55)23(7)45-35(56)25-12-10-16-43-25/h20-28,31-33,43,52H,9-19H2,1-8H3,(H2,42,53)(H,44,58)(H,45,56)(H,46,54)(H,47,55)(H,48,57)(H,49,60)(H,50,59)(H,62,63)/t22-,23-,24+,25-,26-,27-,28-,31-,32-,33-/m0/s1. The summed E-state index contributed by atoms with van der Waals surface area (Å²) < 4.78 is 0. The van der Waals surface area contributed by atoms with Crippen molar-refractivity contribution in [2.45, 2.75) is 161 Å². The molecule has 0 bridgehead atoms. The highest BCUT2D eigenvalue weighted by Crippen LogP contribution is 2.21. The number of likely N-dealkylation sites (tertiary alicyclic amines) is 1. The van der Waals surface area contributed by atoms with Crippen molar-refractivity contribution in [3.05, 3.63) is 0 Å². The minimum Gasteiger partial charge on any atom is -0.480 e. The highest BCUT2D eigenvalue weighted by atomic mass is 16.4. The second kappa shape index (κ2) is 25.7. The average molecular weight is 895 g/mol. The highest BCUT2D eigenvalue weighted by molar-refractivity contribution is 5.97. The maximum absolute atomic E-state index is 13.9. The zero-order chi connectivity index (χ0) is 47.7. The lowest BCUT2D eigenvalue weighted by Gasteiger charge is -2.30. The number of rotatable bonds is 25. The number of carboxylic acid groups (broad SMARTS) is 1. The van der Waals surface area contributed by atoms with Crippen LogP contribution in [-0.4, -0.2) is 148 Å². The summed E-state index contributed by atoms with van der Waals surface area (Å²) in [5.41, 5.74) is 5.32. The molecule has 2 saturated heterocycles. The molecule has 2 rings (SSSR count). The Morgan fingerprint density at radius 1 is 0.730 bits per heavy atom. The van der Waals surface area contributed by atoms with E-state index in [-0.39, 0.29) is 44.1 Å². The van der Waals surface area contributed by atoms with E-state index in [2.05, 4.69) is 42.5 Å². The van der Waals surface area contributed by atoms with Gasteiger partial charge in [-0.2, -0.15) is 0 Å². The average Bonchev–Trinajstić information content (AvgIpc) is 3.94. The summed E-state index contributed by atoms with van der Waals surface area (Å²) in [6.07, 6.45) is 0.735. The van der Waals surface area contributed by atoms with Crippen molar-refractivity contribution >= 4 is 59.1 Å². The molecule has 9 amide bonds. The van der Waals surface area contributed by atoms with Crippen LogP contribution >= 0.6 is 0 Å². The molecule has 0 radical (unpaired) electrons. The van der Waals surface area contributed by atoms with Crippen LogP contribution in [0, 0.1) is 17.8 Å². The molecule has 2 fully saturated rings. The number of nitrogens with one attached hydrogen (secondary N) is 8. The SMILES string of the molecule is CC[C@H](C)[C@H](NC(=O)[C@@H](NC(=O)[C@@H](NC(=O)[C@H](CCC(N)=O)NC(=O)CNC(=O)[C@@H]1CCCN1C(=O)[C@H](CC(C)C)NC(=O)[C@H](C)NC(=O)[C@@H]1CCCN1)C(C)C)[C@@H](C)O)C(=O)O. The van der Waals surface area contributed by atoms with E-state index in [1.54, 1.807) is 27.7 Å². The molecule has 2 aliphatic rings. The number of aliphatic hydroxyl groups is 1. The first kappa shape index (κ1) is 53.8. The quantitative estimate of drug-likeness (QED) is 0.0444. The van der Waals surface area contributed by atoms with E-state index in [1.165, 1.54) is 18.7 Å². The third kappa shape index (κ3) is 17.0. The van der Waals surface area contributed by atoms with E-state index < -0.39 is 126 Å². The lowest BCUT2D eigenvalue weighted by molar-refractivity contribution is -0.144. The molecule has 2 heterocycles. The van der Waals surface area contributed by atoms with Gasteiger partial charge in [-0.1, -0.05) is 48.0 Å². The van der Waals surface area contributed by atoms with Crippen molar-refractivity contribution in [1.82, 2.24) is 47.4 Å². The Kier molecular flexibility index (Phi) is 21.9. The van der Waals surface area contributed by atoms with Crippen LogP contribution in [0.1, 0.15) is 107 Å². The van der Waals surface area contributed by atoms with Gasteiger partial charge in [-0.05, 0) is 76.7 Å². The molecule has 22 heteroatoms. The first-order valence-electron chi connectivity index (χ1n) is 21.8. The number of hydrogen-bond donors (Lipinski definition) is 11. The first-order chi connectivity index (χ1) is 29.5. The fourth-order valence-electron chi connectivity index (χ4n) is 7.23. The van der Waals surface area contributed by atoms with Crippen molar-refractivity contribution in [3.8, 4) is 0 Å². The predicted molar refractivity (Wildman–Crippen MR) is 228 cm³/mol. The maximum atomic E-state index is 13.9. The Morgan fingerprint density at radius 3 is 1.89 bits per heavy atom. The van der Waals surface area contributed by atoms with Gasteiger partial charge in [0.1, 0.15) is 42.3 Å². The summed E-state index contributed by atoms with van der Waals surface area (Å²) in [4.78, 5) is 131. The van der Waals surface area contributed by atoms with Crippen LogP contribution in [0.3, 0.4) is 0 Å². The van der Waals surface area contributed by atoms with Crippen molar-refractivity contribution in [3.63, 3.8) is 0 Å². The highest BCUT2D eigenvalue weighted by Gasteiger charge is 2.39. The van der Waals surface area contributed by atoms with Crippen LogP contribution < -0.4 is 48.3 Å². The van der Waals surface area contributed by atoms with Gasteiger partial charge in [0, 0.05) is 13.0 Å². The minimum absolute atomic E-state index is 0.0316. The molecule has 0 aromatic rings. The van der Waals surface area contributed by atoms with Gasteiger partial charge in [-0.3, -0.25) is 43.2 Å². The Labute approximate surface area is 368 Å². The Morgan fingerprint density at radius 2 is 1.35 bits per heavy atom. The molecule has 0 saturated carbocycles. The number of aliphatic carboxylic acids is 1. The number of carbonyl (C=O) groups excluding carboxylic acids is 9. The smallest absolute Gasteiger partial charge is 0.326 e. The zero-order valence-electron chi connectivity index (χ0n) is 37.7. The molecule has 0 aliphatic carbocycles. The molecule has 12 N–H and O–H groups in total. The molecule has 356 valence electrons. The van der Waals surface area contributed by atoms with Crippen LogP contribution in [0.4, 0.5) is 0 Å². The van der Waals surface area contributed by atoms with Crippen molar-refractivity contribution < 1.29 is 58.2 Å². The van der Waals surface area contributed by atoms with E-state index in [0.29, 0.717) is 25.8 Å². The molecule has 63 heavy (non-hydrogen) atoms. The van der Waals surface area contributed by atoms with E-state index in [1.807, 2.05) is 13.8 Å². The molecular formula is C41H70N10O12. The van der Waals surface area contributed by atoms with Gasteiger partial charge in [0.05, 0.1) is 18.7 Å². The van der Waals surface area contributed by atoms with Crippen LogP contribution in [0.5, 0.6) is 0 Å². The van der Waals surface area contributed by atoms with Gasteiger partial charge in [0.25, 0.3) is 0 Å². The van der Waals surface area contributed by atoms with Crippen LogP contribution in [0.25, 0.3) is 0 Å². The molecular weight excluding hydrogens is 825 g/mol. The monoisotopic (exact) mass is 895 g/mol. The molecule has 10 atom stereocenters. The van der Waals surface area contributed by atoms with Gasteiger partial charge >= 0.3 is 5.97 Å². The summed E-state index contributed by atoms with van der Waals surface area (Å²) in [5, 5.41) is 40.6. The summed E-state index contributed by atoms with van der Waals surface area (Å²) in [6, 6.07) is -9.03. The molecule has 0 spiro atoms. The van der Waals surface area contributed by atoms with Crippen LogP contribution in [0.2, 0.25) is 0 Å². The normalized spacial score (nSPS) is 19.9. The van der Waals surface area contributed by atoms with Crippen molar-refractivity contribution in [2.24, 2.45) is 23.5 Å². The third-order valence-corrected chi connectivity index (χ3v) is 11.1. The second-order valence-electron chi connectivity index (χ2n) is 17.3. The van der Waals surface area contributed by atoms with Gasteiger partial charge in [0.2, 0.25) is 53.2 Å². The molecule has 22 nitrogen and oxygen atoms in total. The molecule has 0 unspecified atom stereocenters. The van der Waals surface area contributed by atoms with Crippen molar-refractivity contribution in [1.29, 1.82) is 0 Å². The topological polar surface area (TPSA) is 337 Å². The summed E-state index contributed by atoms with van der Waals surface area (Å²) in [5.74, 6) is -8.94. The number of aliphatic hydroxyl groups excluding tert-OH is 1. The van der Waals surface area contributed by atoms with Gasteiger partial charge in [0.15, 0.2) is 0 Å². The lowest BCUT2D eigenvalue weighted by Crippen LogP contribution is -2.61. The Balaban J connectivity index is 2.12. The number of nitrogens with zero attached hydrogens (tertiary/aromatic N) is 1. The van der Waals surface area contributed by atoms with E-state index in [0.717, 1.165) is 6.42 Å². The number of nitrogens with two attached hydrogens (primary N) is 1. The zero-order valence-corrected chi connectivity index (χ0v) is 37.7. The maximum Gasteiger partial charge on any atom is 0.326 e. The number of amides is 9. The molecule has 0 aromatic heterocycles. The minimum atomic E-state index is -1.61. The largest absolute Gasteiger partial charge is 0.480 e. The number of carbonyl (C=O) groups is 10. The summed E-state index contributed by atoms with van der Waals surface area (Å²) >= 11 is 0. The molecule has 0 aromatic carbocycles. The van der Waals surface area contributed by atoms with Gasteiger partial charge < -0.3 is 63.4 Å². The Hall–Kier alpha value is -5.38. The van der Waals surface area contributed by atoms with E-state index >= 15 is 0 Å². The number of carboxylic acids is 1. The predicted octanol–water partition coefficient (Wildman–Crippen LogP) is -2.75. The van der Waals surface area contributed by atoms with Gasteiger partial charge in [-0.15, -0.1) is 0 Å². The molecule has 2 aliphatic heterocycles. The fraction of sp³-hybridized carbons (Fsp3) is 0.756. The summed E-state index contributed by atoms with van der Waals surface area (Å²) in [7, 11) is 0. The van der Waals surface area contributed by atoms with Gasteiger partial charge in [-0.25, -0.2) is 4.79 Å². The number of primary amides is 1. The third-order valence-electron chi connectivity index (χ3n) is 11.1. The second-order valence-corrected chi connectivity index (χ2v) is 17.3. The number of hydrogen-bond acceptors (Lipinski definition) is 12. The Bertz CT molecular complexity index is 1650. The summed E-state index contributed by atoms with van der Waals surface area (Å²) in [6.45, 7) is 13.2. The van der Waals surface area contributed by atoms with E-state index in [4.69, 9.17) is 5.73 Å². The van der Waals surface area contributed by atoms with E-state index in [9.17, 15) is 58.2 Å². The van der Waals surface area contributed by atoms with Crippen molar-refractivity contribution in [2.75, 3.05) is 19.6 Å². The van der Waals surface area contributed by atoms with Crippen LogP contribution in [-0.2, 0) is 47.9 Å². The first-order valence-corrected chi connectivity index (χ1v) is 21.8.